The number of carbonyl (C=O) groups is 1. The van der Waals surface area contributed by atoms with Gasteiger partial charge in [-0.25, -0.2) is 0 Å². The zero-order chi connectivity index (χ0) is 17.2. The van der Waals surface area contributed by atoms with Crippen LogP contribution in [-0.4, -0.2) is 31.8 Å². The van der Waals surface area contributed by atoms with Gasteiger partial charge in [0.15, 0.2) is 0 Å². The van der Waals surface area contributed by atoms with Crippen LogP contribution in [0.3, 0.4) is 0 Å². The van der Waals surface area contributed by atoms with Gasteiger partial charge in [0.2, 0.25) is 5.91 Å². The summed E-state index contributed by atoms with van der Waals surface area (Å²) >= 11 is 0. The van der Waals surface area contributed by atoms with E-state index in [0.29, 0.717) is 25.6 Å². The van der Waals surface area contributed by atoms with Crippen molar-refractivity contribution in [3.8, 4) is 0 Å². The van der Waals surface area contributed by atoms with E-state index in [4.69, 9.17) is 9.47 Å². The van der Waals surface area contributed by atoms with E-state index in [0.717, 1.165) is 32.3 Å². The summed E-state index contributed by atoms with van der Waals surface area (Å²) in [4.78, 5) is 12.3. The second-order valence-electron chi connectivity index (χ2n) is 6.49. The van der Waals surface area contributed by atoms with E-state index in [1.807, 2.05) is 18.2 Å². The van der Waals surface area contributed by atoms with Crippen molar-refractivity contribution < 1.29 is 14.3 Å². The third-order valence-corrected chi connectivity index (χ3v) is 4.80. The van der Waals surface area contributed by atoms with Crippen LogP contribution in [0.15, 0.2) is 30.3 Å². The van der Waals surface area contributed by atoms with E-state index >= 15 is 0 Å². The van der Waals surface area contributed by atoms with Gasteiger partial charge in [0.1, 0.15) is 0 Å². The summed E-state index contributed by atoms with van der Waals surface area (Å²) in [6.07, 6.45) is 4.89. The van der Waals surface area contributed by atoms with Gasteiger partial charge < -0.3 is 14.8 Å². The van der Waals surface area contributed by atoms with Crippen molar-refractivity contribution in [1.82, 2.24) is 5.32 Å². The number of rotatable bonds is 10. The largest absolute Gasteiger partial charge is 0.378 e. The highest BCUT2D eigenvalue weighted by Gasteiger charge is 2.22. The summed E-state index contributed by atoms with van der Waals surface area (Å²) in [6.45, 7) is 6.25. The summed E-state index contributed by atoms with van der Waals surface area (Å²) in [6, 6.07) is 10.3. The highest BCUT2D eigenvalue weighted by Crippen LogP contribution is 2.27. The van der Waals surface area contributed by atoms with E-state index in [-0.39, 0.29) is 18.1 Å². The van der Waals surface area contributed by atoms with Gasteiger partial charge in [0.25, 0.3) is 0 Å². The van der Waals surface area contributed by atoms with E-state index in [1.165, 1.54) is 5.56 Å². The molecule has 0 bridgehead atoms. The Bertz CT molecular complexity index is 467. The highest BCUT2D eigenvalue weighted by molar-refractivity contribution is 5.76. The van der Waals surface area contributed by atoms with Crippen molar-refractivity contribution in [2.45, 2.75) is 58.1 Å². The Balaban J connectivity index is 1.80. The minimum atomic E-state index is 0.0584. The third kappa shape index (κ3) is 5.91. The monoisotopic (exact) mass is 333 g/mol. The van der Waals surface area contributed by atoms with Crippen molar-refractivity contribution in [2.75, 3.05) is 19.8 Å². The fourth-order valence-electron chi connectivity index (χ4n) is 3.29. The predicted molar refractivity (Wildman–Crippen MR) is 95.8 cm³/mol. The Hall–Kier alpha value is -1.39. The lowest BCUT2D eigenvalue weighted by molar-refractivity contribution is -0.123. The molecule has 134 valence electrons. The van der Waals surface area contributed by atoms with Crippen LogP contribution in [0.5, 0.6) is 0 Å². The number of amides is 1. The van der Waals surface area contributed by atoms with Crippen molar-refractivity contribution in [3.05, 3.63) is 35.9 Å². The first-order chi connectivity index (χ1) is 11.7. The molecule has 2 unspecified atom stereocenters. The van der Waals surface area contributed by atoms with Gasteiger partial charge in [-0.2, -0.15) is 0 Å². The molecule has 1 amide bonds. The van der Waals surface area contributed by atoms with Gasteiger partial charge >= 0.3 is 0 Å². The lowest BCUT2D eigenvalue weighted by Gasteiger charge is -2.27. The van der Waals surface area contributed by atoms with Gasteiger partial charge in [0, 0.05) is 13.0 Å². The second kappa shape index (κ2) is 10.5. The minimum Gasteiger partial charge on any atom is -0.378 e. The second-order valence-corrected chi connectivity index (χ2v) is 6.49. The molecule has 2 rings (SSSR count). The maximum Gasteiger partial charge on any atom is 0.222 e. The van der Waals surface area contributed by atoms with E-state index in [9.17, 15) is 4.79 Å². The molecular formula is C20H31NO3. The first-order valence-corrected chi connectivity index (χ1v) is 9.28. The molecule has 4 nitrogen and oxygen atoms in total. The van der Waals surface area contributed by atoms with Crippen molar-refractivity contribution in [2.24, 2.45) is 5.92 Å². The van der Waals surface area contributed by atoms with Crippen LogP contribution < -0.4 is 5.32 Å². The van der Waals surface area contributed by atoms with Crippen LogP contribution in [0, 0.1) is 5.92 Å². The van der Waals surface area contributed by atoms with Gasteiger partial charge in [-0.1, -0.05) is 57.0 Å². The van der Waals surface area contributed by atoms with Crippen molar-refractivity contribution in [3.63, 3.8) is 0 Å². The zero-order valence-corrected chi connectivity index (χ0v) is 15.0. The lowest BCUT2D eigenvalue weighted by atomic mass is 9.88. The van der Waals surface area contributed by atoms with Gasteiger partial charge in [-0.3, -0.25) is 4.79 Å². The molecule has 0 radical (unpaired) electrons. The van der Waals surface area contributed by atoms with Gasteiger partial charge in [-0.15, -0.1) is 0 Å². The average Bonchev–Trinajstić information content (AvgIpc) is 3.13. The standard InChI is InChI=1S/C20H31NO3/c1-3-16(4-2)20(17-9-6-5-7-10-17)21-19(22)12-14-23-15-18-11-8-13-24-18/h5-7,9-10,16,18,20H,3-4,8,11-15H2,1-2H3,(H,21,22). The number of nitrogens with one attached hydrogen (secondary N) is 1. The number of benzene rings is 1. The number of carbonyl (C=O) groups excluding carboxylic acids is 1. The Morgan fingerprint density at radius 1 is 1.29 bits per heavy atom. The Kier molecular flexibility index (Phi) is 8.26. The minimum absolute atomic E-state index is 0.0584. The molecule has 1 aliphatic rings. The Morgan fingerprint density at radius 2 is 2.04 bits per heavy atom. The molecule has 0 spiro atoms. The van der Waals surface area contributed by atoms with E-state index < -0.39 is 0 Å². The number of ether oxygens (including phenoxy) is 2. The average molecular weight is 333 g/mol. The van der Waals surface area contributed by atoms with Crippen LogP contribution in [-0.2, 0) is 14.3 Å². The summed E-state index contributed by atoms with van der Waals surface area (Å²) in [5.41, 5.74) is 1.18. The van der Waals surface area contributed by atoms with Crippen molar-refractivity contribution in [1.29, 1.82) is 0 Å². The summed E-state index contributed by atoms with van der Waals surface area (Å²) in [5.74, 6) is 0.507. The normalized spacial score (nSPS) is 18.7. The SMILES string of the molecule is CCC(CC)C(NC(=O)CCOCC1CCCO1)c1ccccc1. The zero-order valence-electron chi connectivity index (χ0n) is 15.0. The first-order valence-electron chi connectivity index (χ1n) is 9.28. The molecule has 0 aliphatic carbocycles. The maximum absolute atomic E-state index is 12.3. The molecule has 1 heterocycles. The number of hydrogen-bond acceptors (Lipinski definition) is 3. The predicted octanol–water partition coefficient (Wildman–Crippen LogP) is 3.87. The molecule has 2 atom stereocenters. The maximum atomic E-state index is 12.3. The lowest BCUT2D eigenvalue weighted by Crippen LogP contribution is -2.34. The first kappa shape index (κ1) is 18.9. The Labute approximate surface area is 145 Å². The quantitative estimate of drug-likeness (QED) is 0.661. The topological polar surface area (TPSA) is 47.6 Å². The molecule has 0 aromatic heterocycles. The molecule has 24 heavy (non-hydrogen) atoms. The fourth-order valence-corrected chi connectivity index (χ4v) is 3.29. The van der Waals surface area contributed by atoms with Gasteiger partial charge in [0.05, 0.1) is 25.4 Å². The molecule has 1 saturated heterocycles. The smallest absolute Gasteiger partial charge is 0.222 e. The van der Waals surface area contributed by atoms with Crippen LogP contribution in [0.25, 0.3) is 0 Å². The highest BCUT2D eigenvalue weighted by atomic mass is 16.5. The molecular weight excluding hydrogens is 302 g/mol. The molecule has 4 heteroatoms. The number of hydrogen-bond donors (Lipinski definition) is 1. The molecule has 1 aromatic carbocycles. The summed E-state index contributed by atoms with van der Waals surface area (Å²) < 4.78 is 11.1. The van der Waals surface area contributed by atoms with E-state index in [1.54, 1.807) is 0 Å². The summed E-state index contributed by atoms with van der Waals surface area (Å²) in [7, 11) is 0. The molecule has 0 saturated carbocycles. The van der Waals surface area contributed by atoms with Crippen LogP contribution >= 0.6 is 0 Å². The van der Waals surface area contributed by atoms with Crippen molar-refractivity contribution >= 4 is 5.91 Å². The molecule has 1 aromatic rings. The van der Waals surface area contributed by atoms with E-state index in [2.05, 4.69) is 31.3 Å². The summed E-state index contributed by atoms with van der Waals surface area (Å²) in [5, 5.41) is 3.21. The molecule has 1 aliphatic heterocycles. The van der Waals surface area contributed by atoms with Crippen LogP contribution in [0.2, 0.25) is 0 Å². The Morgan fingerprint density at radius 3 is 2.67 bits per heavy atom. The molecule has 1 fully saturated rings. The van der Waals surface area contributed by atoms with Crippen LogP contribution in [0.4, 0.5) is 0 Å². The third-order valence-electron chi connectivity index (χ3n) is 4.80. The molecule has 1 N–H and O–H groups in total. The van der Waals surface area contributed by atoms with Gasteiger partial charge in [-0.05, 0) is 24.3 Å². The van der Waals surface area contributed by atoms with Crippen LogP contribution in [0.1, 0.15) is 57.6 Å². The fraction of sp³-hybridized carbons (Fsp3) is 0.650.